The van der Waals surface area contributed by atoms with Crippen LogP contribution in [0.25, 0.3) is 0 Å². The van der Waals surface area contributed by atoms with Crippen LogP contribution in [0.3, 0.4) is 0 Å². The van der Waals surface area contributed by atoms with E-state index in [4.69, 9.17) is 27.6 Å². The molecule has 0 amide bonds. The normalized spacial score (nSPS) is 17.9. The van der Waals surface area contributed by atoms with Crippen molar-refractivity contribution in [2.75, 3.05) is 7.11 Å². The Morgan fingerprint density at radius 1 is 1.67 bits per heavy atom. The first-order chi connectivity index (χ1) is 3.98. The fourth-order valence-electron chi connectivity index (χ4n) is 0.361. The molecule has 1 atom stereocenters. The lowest BCUT2D eigenvalue weighted by Crippen LogP contribution is -2.17. The molecule has 0 aliphatic carbocycles. The van der Waals surface area contributed by atoms with Crippen molar-refractivity contribution in [2.45, 2.75) is 19.9 Å². The Hall–Kier alpha value is 0.860. The van der Waals surface area contributed by atoms with Crippen molar-refractivity contribution in [3.8, 4) is 0 Å². The van der Waals surface area contributed by atoms with E-state index in [1.54, 1.807) is 0 Å². The van der Waals surface area contributed by atoms with Gasteiger partial charge in [-0.1, -0.05) is 0 Å². The zero-order valence-electron chi connectivity index (χ0n) is 5.72. The van der Waals surface area contributed by atoms with Crippen molar-refractivity contribution >= 4 is 28.8 Å². The van der Waals surface area contributed by atoms with Gasteiger partial charge in [-0.15, -0.1) is 0 Å². The maximum absolute atomic E-state index is 5.71. The molecule has 0 saturated carbocycles. The summed E-state index contributed by atoms with van der Waals surface area (Å²) in [5, 5.41) is 2.94. The molecule has 0 radical (unpaired) electrons. The highest BCUT2D eigenvalue weighted by Crippen LogP contribution is 2.47. The van der Waals surface area contributed by atoms with Gasteiger partial charge in [0.05, 0.1) is 0 Å². The minimum absolute atomic E-state index is 0.285. The van der Waals surface area contributed by atoms with Gasteiger partial charge in [-0.2, -0.15) is 0 Å². The molecule has 0 aromatic rings. The van der Waals surface area contributed by atoms with Crippen LogP contribution in [0.5, 0.6) is 0 Å². The van der Waals surface area contributed by atoms with Gasteiger partial charge >= 0.3 is 0 Å². The maximum atomic E-state index is 5.71. The van der Waals surface area contributed by atoms with Crippen molar-refractivity contribution in [1.29, 1.82) is 0 Å². The minimum atomic E-state index is -2.17. The molecule has 0 aliphatic rings. The minimum Gasteiger partial charge on any atom is -0.330 e. The second kappa shape index (κ2) is 3.89. The van der Waals surface area contributed by atoms with E-state index >= 15 is 0 Å². The lowest BCUT2D eigenvalue weighted by molar-refractivity contribution is 0.456. The molecular formula is C4H11ClNOPS. The third kappa shape index (κ3) is 5.31. The molecular weight excluding hydrogens is 177 g/mol. The van der Waals surface area contributed by atoms with Crippen molar-refractivity contribution in [2.24, 2.45) is 0 Å². The van der Waals surface area contributed by atoms with Gasteiger partial charge in [-0.25, -0.2) is 0 Å². The van der Waals surface area contributed by atoms with Gasteiger partial charge in [0, 0.05) is 13.2 Å². The second-order valence-electron chi connectivity index (χ2n) is 1.95. The molecule has 0 spiro atoms. The van der Waals surface area contributed by atoms with Gasteiger partial charge in [-0.05, 0) is 36.9 Å². The highest BCUT2D eigenvalue weighted by Gasteiger charge is 2.11. The van der Waals surface area contributed by atoms with E-state index in [0.717, 1.165) is 0 Å². The van der Waals surface area contributed by atoms with Gasteiger partial charge in [0.2, 0.25) is 5.77 Å². The average Bonchev–Trinajstić information content (AvgIpc) is 1.63. The number of nitrogens with one attached hydrogen (secondary N) is 1. The summed E-state index contributed by atoms with van der Waals surface area (Å²) in [5.41, 5.74) is 0. The molecule has 2 nitrogen and oxygen atoms in total. The molecule has 5 heteroatoms. The van der Waals surface area contributed by atoms with Crippen LogP contribution in [0.2, 0.25) is 0 Å². The highest BCUT2D eigenvalue weighted by molar-refractivity contribution is 8.23. The van der Waals surface area contributed by atoms with Crippen LogP contribution in [0.1, 0.15) is 13.8 Å². The summed E-state index contributed by atoms with van der Waals surface area (Å²) in [4.78, 5) is 0. The number of halogens is 1. The Bertz CT molecular complexity index is 130. The summed E-state index contributed by atoms with van der Waals surface area (Å²) in [6, 6.07) is 0.285. The topological polar surface area (TPSA) is 21.3 Å². The number of hydrogen-bond acceptors (Lipinski definition) is 2. The van der Waals surface area contributed by atoms with Crippen LogP contribution in [-0.2, 0) is 16.3 Å². The molecule has 0 rings (SSSR count). The van der Waals surface area contributed by atoms with Gasteiger partial charge in [0.15, 0.2) is 0 Å². The van der Waals surface area contributed by atoms with Crippen LogP contribution in [0.15, 0.2) is 0 Å². The smallest absolute Gasteiger partial charge is 0.219 e. The molecule has 0 aliphatic heterocycles. The monoisotopic (exact) mass is 187 g/mol. The van der Waals surface area contributed by atoms with Gasteiger partial charge < -0.3 is 4.52 Å². The summed E-state index contributed by atoms with van der Waals surface area (Å²) >= 11 is 10.6. The second-order valence-corrected chi connectivity index (χ2v) is 7.10. The average molecular weight is 188 g/mol. The van der Waals surface area contributed by atoms with Crippen molar-refractivity contribution < 1.29 is 4.52 Å². The molecule has 0 bridgehead atoms. The van der Waals surface area contributed by atoms with E-state index in [-0.39, 0.29) is 6.04 Å². The van der Waals surface area contributed by atoms with Gasteiger partial charge in [0.1, 0.15) is 0 Å². The molecule has 56 valence electrons. The Kier molecular flexibility index (Phi) is 4.26. The van der Waals surface area contributed by atoms with Crippen LogP contribution in [-0.4, -0.2) is 13.2 Å². The molecule has 0 aromatic heterocycles. The van der Waals surface area contributed by atoms with E-state index in [1.165, 1.54) is 7.11 Å². The van der Waals surface area contributed by atoms with Crippen molar-refractivity contribution in [3.05, 3.63) is 0 Å². The van der Waals surface area contributed by atoms with Crippen LogP contribution in [0, 0.1) is 0 Å². The molecule has 0 fully saturated rings. The quantitative estimate of drug-likeness (QED) is 0.684. The third-order valence-electron chi connectivity index (χ3n) is 0.647. The summed E-state index contributed by atoms with van der Waals surface area (Å²) in [6.07, 6.45) is 0. The van der Waals surface area contributed by atoms with E-state index in [2.05, 4.69) is 5.09 Å². The summed E-state index contributed by atoms with van der Waals surface area (Å²) < 4.78 is 4.83. The molecule has 9 heavy (non-hydrogen) atoms. The highest BCUT2D eigenvalue weighted by atomic mass is 35.7. The lowest BCUT2D eigenvalue weighted by Gasteiger charge is -2.15. The Morgan fingerprint density at radius 3 is 2.22 bits per heavy atom. The van der Waals surface area contributed by atoms with Crippen molar-refractivity contribution in [1.82, 2.24) is 5.09 Å². The van der Waals surface area contributed by atoms with E-state index in [1.807, 2.05) is 13.8 Å². The maximum Gasteiger partial charge on any atom is 0.219 e. The predicted molar refractivity (Wildman–Crippen MR) is 45.4 cm³/mol. The van der Waals surface area contributed by atoms with Crippen molar-refractivity contribution in [3.63, 3.8) is 0 Å². The predicted octanol–water partition coefficient (Wildman–Crippen LogP) is 2.09. The molecule has 1 N–H and O–H groups in total. The summed E-state index contributed by atoms with van der Waals surface area (Å²) in [5.74, 6) is -2.17. The first-order valence-electron chi connectivity index (χ1n) is 2.61. The Balaban J connectivity index is 3.73. The molecule has 0 aromatic carbocycles. The number of rotatable bonds is 3. The largest absolute Gasteiger partial charge is 0.330 e. The molecule has 0 saturated heterocycles. The summed E-state index contributed by atoms with van der Waals surface area (Å²) in [6.45, 7) is 3.95. The van der Waals surface area contributed by atoms with Crippen LogP contribution < -0.4 is 5.09 Å². The van der Waals surface area contributed by atoms with E-state index in [9.17, 15) is 0 Å². The first kappa shape index (κ1) is 9.86. The number of hydrogen-bond donors (Lipinski definition) is 1. The first-order valence-corrected chi connectivity index (χ1v) is 6.23. The summed E-state index contributed by atoms with van der Waals surface area (Å²) in [7, 11) is 1.52. The zero-order valence-corrected chi connectivity index (χ0v) is 8.19. The third-order valence-corrected chi connectivity index (χ3v) is 3.41. The fourth-order valence-corrected chi connectivity index (χ4v) is 2.30. The van der Waals surface area contributed by atoms with E-state index in [0.29, 0.717) is 0 Å². The standard InChI is InChI=1S/C4H11ClNOPS/c1-4(2)6-8(5,9)7-3/h4H,1-3H3,(H,6,9). The fraction of sp³-hybridized carbons (Fsp3) is 1.00. The lowest BCUT2D eigenvalue weighted by atomic mass is 10.4. The molecule has 0 heterocycles. The zero-order chi connectivity index (χ0) is 7.49. The Labute approximate surface area is 65.9 Å². The van der Waals surface area contributed by atoms with E-state index < -0.39 is 5.77 Å². The molecule has 1 unspecified atom stereocenters. The van der Waals surface area contributed by atoms with Gasteiger partial charge in [-0.3, -0.25) is 5.09 Å². The van der Waals surface area contributed by atoms with Crippen LogP contribution in [0.4, 0.5) is 0 Å². The van der Waals surface area contributed by atoms with Crippen LogP contribution >= 0.6 is 17.0 Å². The Morgan fingerprint density at radius 2 is 2.11 bits per heavy atom. The SMILES string of the molecule is COP(=S)(Cl)NC(C)C. The van der Waals surface area contributed by atoms with Gasteiger partial charge in [0.25, 0.3) is 0 Å².